The topological polar surface area (TPSA) is 136 Å². The zero-order chi connectivity index (χ0) is 21.2. The smallest absolute Gasteiger partial charge is 0.264 e. The van der Waals surface area contributed by atoms with E-state index in [0.717, 1.165) is 0 Å². The number of aromatic nitrogens is 2. The van der Waals surface area contributed by atoms with Gasteiger partial charge in [0.05, 0.1) is 23.4 Å². The third kappa shape index (κ3) is 6.99. The van der Waals surface area contributed by atoms with Gasteiger partial charge >= 0.3 is 0 Å². The number of amides is 1. The summed E-state index contributed by atoms with van der Waals surface area (Å²) in [6.07, 6.45) is 2.06. The van der Waals surface area contributed by atoms with Crippen molar-refractivity contribution < 1.29 is 17.9 Å². The van der Waals surface area contributed by atoms with Crippen molar-refractivity contribution in [2.45, 2.75) is 9.92 Å². The highest BCUT2D eigenvalue weighted by atomic mass is 35.5. The van der Waals surface area contributed by atoms with Crippen molar-refractivity contribution in [1.29, 1.82) is 0 Å². The first-order valence-corrected chi connectivity index (χ1v) is 10.8. The van der Waals surface area contributed by atoms with Crippen LogP contribution in [0.3, 0.4) is 0 Å². The number of thioether (sulfide) groups is 1. The third-order valence-corrected chi connectivity index (χ3v) is 6.08. The van der Waals surface area contributed by atoms with Crippen molar-refractivity contribution in [3.63, 3.8) is 0 Å². The maximum absolute atomic E-state index is 12.5. The van der Waals surface area contributed by atoms with Crippen LogP contribution in [0.5, 0.6) is 5.88 Å². The number of carbonyl (C=O) groups is 1. The summed E-state index contributed by atoms with van der Waals surface area (Å²) in [6, 6.07) is 4.31. The van der Waals surface area contributed by atoms with Gasteiger partial charge in [0.15, 0.2) is 0 Å². The van der Waals surface area contributed by atoms with Gasteiger partial charge in [-0.1, -0.05) is 29.3 Å². The molecule has 13 heteroatoms. The van der Waals surface area contributed by atoms with Crippen LogP contribution in [-0.4, -0.2) is 51.3 Å². The molecular weight excluding hydrogens is 449 g/mol. The number of halogens is 2. The first kappa shape index (κ1) is 24.2. The number of rotatable bonds is 8. The Balaban J connectivity index is 0.000000892. The van der Waals surface area contributed by atoms with Crippen LogP contribution >= 0.6 is 35.0 Å². The lowest BCUT2D eigenvalue weighted by Gasteiger charge is -2.12. The van der Waals surface area contributed by atoms with E-state index in [9.17, 15) is 8.42 Å². The molecule has 0 radical (unpaired) electrons. The van der Waals surface area contributed by atoms with E-state index in [2.05, 4.69) is 20.0 Å². The molecule has 9 nitrogen and oxygen atoms in total. The lowest BCUT2D eigenvalue weighted by atomic mass is 10.4. The molecule has 0 fully saturated rings. The van der Waals surface area contributed by atoms with Gasteiger partial charge in [-0.15, -0.1) is 11.8 Å². The third-order valence-electron chi connectivity index (χ3n) is 2.83. The summed E-state index contributed by atoms with van der Waals surface area (Å²) in [5.74, 6) is 0.644. The Morgan fingerprint density at radius 3 is 2.61 bits per heavy atom. The molecule has 1 amide bonds. The molecule has 0 saturated carbocycles. The number of hydrogen-bond acceptors (Lipinski definition) is 8. The highest BCUT2D eigenvalue weighted by molar-refractivity contribution is 7.99. The van der Waals surface area contributed by atoms with E-state index in [1.807, 2.05) is 0 Å². The molecule has 0 spiro atoms. The molecule has 0 aliphatic heterocycles. The molecule has 1 heterocycles. The SMILES string of the molecule is CNC=O.COc1nc(SCCN)cnc1NS(=O)(=O)c1cccc(Cl)c1Cl. The molecule has 0 saturated heterocycles. The second kappa shape index (κ2) is 11.9. The molecular formula is C15H19Cl2N5O4S2. The summed E-state index contributed by atoms with van der Waals surface area (Å²) in [7, 11) is -1.08. The van der Waals surface area contributed by atoms with Crippen LogP contribution in [0, 0.1) is 0 Å². The first-order chi connectivity index (χ1) is 13.3. The predicted molar refractivity (Wildman–Crippen MR) is 111 cm³/mol. The molecule has 0 bridgehead atoms. The minimum atomic E-state index is -4.00. The number of hydrogen-bond donors (Lipinski definition) is 3. The van der Waals surface area contributed by atoms with Crippen LogP contribution in [0.25, 0.3) is 0 Å². The minimum Gasteiger partial charge on any atom is -0.478 e. The van der Waals surface area contributed by atoms with E-state index in [1.165, 1.54) is 43.3 Å². The van der Waals surface area contributed by atoms with E-state index in [4.69, 9.17) is 38.5 Å². The fraction of sp³-hybridized carbons (Fsp3) is 0.267. The first-order valence-electron chi connectivity index (χ1n) is 7.62. The molecule has 28 heavy (non-hydrogen) atoms. The number of anilines is 1. The van der Waals surface area contributed by atoms with Gasteiger partial charge in [0.2, 0.25) is 12.2 Å². The second-order valence-corrected chi connectivity index (χ2v) is 8.32. The summed E-state index contributed by atoms with van der Waals surface area (Å²) in [6.45, 7) is 0.482. The van der Waals surface area contributed by atoms with Gasteiger partial charge in [-0.05, 0) is 12.1 Å². The Labute approximate surface area is 177 Å². The van der Waals surface area contributed by atoms with Crippen molar-refractivity contribution in [1.82, 2.24) is 15.3 Å². The Morgan fingerprint density at radius 1 is 1.36 bits per heavy atom. The van der Waals surface area contributed by atoms with E-state index in [0.29, 0.717) is 23.7 Å². The molecule has 1 aromatic heterocycles. The minimum absolute atomic E-state index is 0.0405. The Kier molecular flexibility index (Phi) is 10.3. The molecule has 154 valence electrons. The quantitative estimate of drug-likeness (QED) is 0.395. The van der Waals surface area contributed by atoms with Gasteiger partial charge in [0.1, 0.15) is 9.92 Å². The van der Waals surface area contributed by atoms with E-state index < -0.39 is 10.0 Å². The zero-order valence-corrected chi connectivity index (χ0v) is 18.1. The Morgan fingerprint density at radius 2 is 2.04 bits per heavy atom. The summed E-state index contributed by atoms with van der Waals surface area (Å²) < 4.78 is 32.4. The second-order valence-electron chi connectivity index (χ2n) is 4.77. The summed E-state index contributed by atoms with van der Waals surface area (Å²) >= 11 is 13.2. The number of nitrogens with one attached hydrogen (secondary N) is 2. The van der Waals surface area contributed by atoms with Crippen LogP contribution < -0.4 is 20.5 Å². The number of carbonyl (C=O) groups excluding carboxylic acids is 1. The van der Waals surface area contributed by atoms with E-state index in [1.54, 1.807) is 7.05 Å². The van der Waals surface area contributed by atoms with Crippen molar-refractivity contribution >= 4 is 57.2 Å². The zero-order valence-electron chi connectivity index (χ0n) is 15.0. The van der Waals surface area contributed by atoms with E-state index >= 15 is 0 Å². The summed E-state index contributed by atoms with van der Waals surface area (Å²) in [5, 5.41) is 2.88. The largest absolute Gasteiger partial charge is 0.478 e. The molecule has 0 unspecified atom stereocenters. The van der Waals surface area contributed by atoms with Crippen molar-refractivity contribution in [3.8, 4) is 5.88 Å². The molecule has 0 aliphatic rings. The molecule has 0 atom stereocenters. The van der Waals surface area contributed by atoms with Crippen molar-refractivity contribution in [2.75, 3.05) is 31.2 Å². The predicted octanol–water partition coefficient (Wildman–Crippen LogP) is 2.01. The monoisotopic (exact) mass is 467 g/mol. The molecule has 0 aliphatic carbocycles. The van der Waals surface area contributed by atoms with Crippen LogP contribution in [0.15, 0.2) is 34.3 Å². The summed E-state index contributed by atoms with van der Waals surface area (Å²) in [4.78, 5) is 17.1. The number of nitrogens with two attached hydrogens (primary N) is 1. The maximum Gasteiger partial charge on any atom is 0.264 e. The number of nitrogens with zero attached hydrogens (tertiary/aromatic N) is 2. The number of methoxy groups -OCH3 is 1. The Hall–Kier alpha value is -1.79. The average molecular weight is 468 g/mol. The van der Waals surface area contributed by atoms with Gasteiger partial charge in [0, 0.05) is 19.3 Å². The van der Waals surface area contributed by atoms with Crippen LogP contribution in [0.2, 0.25) is 10.0 Å². The number of ether oxygens (including phenoxy) is 1. The fourth-order valence-corrected chi connectivity index (χ4v) is 4.05. The van der Waals surface area contributed by atoms with Gasteiger partial charge in [-0.2, -0.15) is 0 Å². The van der Waals surface area contributed by atoms with Crippen LogP contribution in [-0.2, 0) is 14.8 Å². The number of benzene rings is 1. The summed E-state index contributed by atoms with van der Waals surface area (Å²) in [5.41, 5.74) is 5.44. The Bertz CT molecular complexity index is 900. The van der Waals surface area contributed by atoms with Gasteiger partial charge in [-0.3, -0.25) is 9.52 Å². The lowest BCUT2D eigenvalue weighted by molar-refractivity contribution is -0.109. The normalized spacial score (nSPS) is 10.5. The maximum atomic E-state index is 12.5. The van der Waals surface area contributed by atoms with Crippen molar-refractivity contribution in [2.24, 2.45) is 5.73 Å². The fourth-order valence-electron chi connectivity index (χ4n) is 1.68. The van der Waals surface area contributed by atoms with Crippen LogP contribution in [0.1, 0.15) is 0 Å². The molecule has 2 aromatic rings. The molecule has 1 aromatic carbocycles. The van der Waals surface area contributed by atoms with Gasteiger partial charge in [0.25, 0.3) is 15.9 Å². The number of sulfonamides is 1. The van der Waals surface area contributed by atoms with Gasteiger partial charge < -0.3 is 15.8 Å². The van der Waals surface area contributed by atoms with Gasteiger partial charge in [-0.25, -0.2) is 18.4 Å². The lowest BCUT2D eigenvalue weighted by Crippen LogP contribution is -2.16. The average Bonchev–Trinajstić information content (AvgIpc) is 2.69. The molecule has 2 rings (SSSR count). The molecule has 4 N–H and O–H groups in total. The van der Waals surface area contributed by atoms with Crippen LogP contribution in [0.4, 0.5) is 5.82 Å². The van der Waals surface area contributed by atoms with Crippen molar-refractivity contribution in [3.05, 3.63) is 34.4 Å². The highest BCUT2D eigenvalue weighted by Crippen LogP contribution is 2.31. The highest BCUT2D eigenvalue weighted by Gasteiger charge is 2.22. The standard InChI is InChI=1S/C13H14Cl2N4O3S2.C2H5NO/c1-22-13-12(17-7-10(18-13)23-6-5-16)19-24(20,21)9-4-2-3-8(14)11(9)15;1-3-2-4/h2-4,7H,5-6,16H2,1H3,(H,17,19);2H,1H3,(H,3,4). The van der Waals surface area contributed by atoms with E-state index in [-0.39, 0.29) is 26.6 Å².